The molecule has 0 aliphatic carbocycles. The van der Waals surface area contributed by atoms with Crippen LogP contribution < -0.4 is 0 Å². The Balaban J connectivity index is 1.56. The third-order valence-corrected chi connectivity index (χ3v) is 6.83. The number of aromatic nitrogens is 4. The number of benzene rings is 2. The highest BCUT2D eigenvalue weighted by atomic mass is 32.1. The summed E-state index contributed by atoms with van der Waals surface area (Å²) in [5.74, 6) is 0.672. The van der Waals surface area contributed by atoms with Gasteiger partial charge in [-0.05, 0) is 49.2 Å². The van der Waals surface area contributed by atoms with E-state index >= 15 is 0 Å². The highest BCUT2D eigenvalue weighted by Gasteiger charge is 2.17. The topological polar surface area (TPSA) is 69.9 Å². The minimum absolute atomic E-state index is 0.359. The van der Waals surface area contributed by atoms with E-state index < -0.39 is 0 Å². The molecule has 2 aromatic carbocycles. The highest BCUT2D eigenvalue weighted by Crippen LogP contribution is 2.33. The standard InChI is InChI=1S/C26H24N4O2S/c1-5-22-29-23-15(2)12-16(3)27-24(23)30(22)14-17-10-11-20-21(13-17)33-25(28-20)18-8-6-7-9-19(18)26(31)32-4/h6-13H,5,14H2,1-4H3. The zero-order valence-corrected chi connectivity index (χ0v) is 19.9. The van der Waals surface area contributed by atoms with Crippen molar-refractivity contribution in [3.05, 3.63) is 76.7 Å². The maximum atomic E-state index is 12.2. The first-order chi connectivity index (χ1) is 16.0. The van der Waals surface area contributed by atoms with Gasteiger partial charge in [-0.1, -0.05) is 31.2 Å². The van der Waals surface area contributed by atoms with Gasteiger partial charge in [0.15, 0.2) is 5.65 Å². The van der Waals surface area contributed by atoms with Gasteiger partial charge in [0.1, 0.15) is 16.3 Å². The minimum atomic E-state index is -0.359. The summed E-state index contributed by atoms with van der Waals surface area (Å²) >= 11 is 1.58. The van der Waals surface area contributed by atoms with E-state index in [1.54, 1.807) is 17.4 Å². The Morgan fingerprint density at radius 2 is 1.88 bits per heavy atom. The van der Waals surface area contributed by atoms with Crippen molar-refractivity contribution in [3.63, 3.8) is 0 Å². The number of fused-ring (bicyclic) bond motifs is 2. The monoisotopic (exact) mass is 456 g/mol. The van der Waals surface area contributed by atoms with Crippen LogP contribution in [0.15, 0.2) is 48.5 Å². The summed E-state index contributed by atoms with van der Waals surface area (Å²) in [4.78, 5) is 26.6. The zero-order valence-electron chi connectivity index (χ0n) is 19.0. The van der Waals surface area contributed by atoms with Crippen LogP contribution >= 0.6 is 11.3 Å². The van der Waals surface area contributed by atoms with E-state index in [0.29, 0.717) is 12.1 Å². The Morgan fingerprint density at radius 3 is 2.67 bits per heavy atom. The third-order valence-electron chi connectivity index (χ3n) is 5.77. The second kappa shape index (κ2) is 8.41. The van der Waals surface area contributed by atoms with Crippen LogP contribution in [0.5, 0.6) is 0 Å². The fourth-order valence-electron chi connectivity index (χ4n) is 4.21. The predicted octanol–water partition coefficient (Wildman–Crippen LogP) is 5.72. The fraction of sp³-hybridized carbons (Fsp3) is 0.231. The first-order valence-electron chi connectivity index (χ1n) is 10.9. The summed E-state index contributed by atoms with van der Waals surface area (Å²) in [7, 11) is 1.39. The SMILES string of the molecule is CCc1nc2c(C)cc(C)nc2n1Cc1ccc2nc(-c3ccccc3C(=O)OC)sc2c1. The Kier molecular flexibility index (Phi) is 5.42. The summed E-state index contributed by atoms with van der Waals surface area (Å²) in [6.45, 7) is 6.92. The molecule has 0 bridgehead atoms. The molecule has 33 heavy (non-hydrogen) atoms. The molecule has 0 unspecified atom stereocenters. The van der Waals surface area contributed by atoms with Crippen molar-refractivity contribution >= 4 is 38.7 Å². The number of methoxy groups -OCH3 is 1. The molecule has 5 rings (SSSR count). The zero-order chi connectivity index (χ0) is 23.1. The maximum Gasteiger partial charge on any atom is 0.338 e. The van der Waals surface area contributed by atoms with Crippen molar-refractivity contribution in [3.8, 4) is 10.6 Å². The van der Waals surface area contributed by atoms with Gasteiger partial charge < -0.3 is 9.30 Å². The molecule has 0 atom stereocenters. The van der Waals surface area contributed by atoms with Gasteiger partial charge in [0, 0.05) is 17.7 Å². The highest BCUT2D eigenvalue weighted by molar-refractivity contribution is 7.21. The van der Waals surface area contributed by atoms with Crippen molar-refractivity contribution in [2.24, 2.45) is 0 Å². The predicted molar refractivity (Wildman–Crippen MR) is 132 cm³/mol. The quantitative estimate of drug-likeness (QED) is 0.316. The number of carbonyl (C=O) groups is 1. The molecule has 3 heterocycles. The third kappa shape index (κ3) is 3.78. The number of hydrogen-bond acceptors (Lipinski definition) is 6. The van der Waals surface area contributed by atoms with E-state index in [-0.39, 0.29) is 5.97 Å². The molecule has 166 valence electrons. The second-order valence-electron chi connectivity index (χ2n) is 8.08. The number of esters is 1. The fourth-order valence-corrected chi connectivity index (χ4v) is 5.28. The van der Waals surface area contributed by atoms with Gasteiger partial charge in [-0.2, -0.15) is 0 Å². The van der Waals surface area contributed by atoms with Gasteiger partial charge >= 0.3 is 5.97 Å². The molecule has 0 saturated carbocycles. The summed E-state index contributed by atoms with van der Waals surface area (Å²) in [6, 6.07) is 15.8. The van der Waals surface area contributed by atoms with Crippen LogP contribution in [0, 0.1) is 13.8 Å². The van der Waals surface area contributed by atoms with Crippen molar-refractivity contribution < 1.29 is 9.53 Å². The first kappa shape index (κ1) is 21.3. The first-order valence-corrected chi connectivity index (χ1v) is 11.7. The number of rotatable bonds is 5. The van der Waals surface area contributed by atoms with Crippen LogP contribution in [-0.4, -0.2) is 32.6 Å². The van der Waals surface area contributed by atoms with Crippen LogP contribution in [-0.2, 0) is 17.7 Å². The maximum absolute atomic E-state index is 12.2. The number of carbonyl (C=O) groups excluding carboxylic acids is 1. The van der Waals surface area contributed by atoms with Crippen LogP contribution in [0.3, 0.4) is 0 Å². The molecule has 3 aromatic heterocycles. The van der Waals surface area contributed by atoms with Crippen molar-refractivity contribution in [2.75, 3.05) is 7.11 Å². The Morgan fingerprint density at radius 1 is 1.06 bits per heavy atom. The van der Waals surface area contributed by atoms with E-state index in [0.717, 1.165) is 61.0 Å². The molecule has 0 amide bonds. The van der Waals surface area contributed by atoms with Crippen LogP contribution in [0.2, 0.25) is 0 Å². The number of imidazole rings is 1. The molecule has 6 nitrogen and oxygen atoms in total. The molecule has 0 aliphatic rings. The van der Waals surface area contributed by atoms with Crippen LogP contribution in [0.25, 0.3) is 32.0 Å². The largest absolute Gasteiger partial charge is 0.465 e. The molecule has 7 heteroatoms. The molecular formula is C26H24N4O2S. The molecule has 0 N–H and O–H groups in total. The summed E-state index contributed by atoms with van der Waals surface area (Å²) < 4.78 is 8.23. The summed E-state index contributed by atoms with van der Waals surface area (Å²) in [5, 5.41) is 0.804. The van der Waals surface area contributed by atoms with Crippen LogP contribution in [0.4, 0.5) is 0 Å². The van der Waals surface area contributed by atoms with Crippen LogP contribution in [0.1, 0.15) is 39.9 Å². The summed E-state index contributed by atoms with van der Waals surface area (Å²) in [5.41, 5.74) is 7.43. The lowest BCUT2D eigenvalue weighted by Crippen LogP contribution is -2.05. The lowest BCUT2D eigenvalue weighted by atomic mass is 10.1. The van der Waals surface area contributed by atoms with Gasteiger partial charge in [0.2, 0.25) is 0 Å². The van der Waals surface area contributed by atoms with Crippen molar-refractivity contribution in [2.45, 2.75) is 33.7 Å². The number of nitrogens with zero attached hydrogens (tertiary/aromatic N) is 4. The van der Waals surface area contributed by atoms with Gasteiger partial charge in [-0.15, -0.1) is 11.3 Å². The number of pyridine rings is 1. The van der Waals surface area contributed by atoms with Crippen molar-refractivity contribution in [1.82, 2.24) is 19.5 Å². The van der Waals surface area contributed by atoms with Crippen molar-refractivity contribution in [1.29, 1.82) is 0 Å². The molecule has 0 radical (unpaired) electrons. The normalized spacial score (nSPS) is 11.4. The smallest absolute Gasteiger partial charge is 0.338 e. The lowest BCUT2D eigenvalue weighted by molar-refractivity contribution is 0.0601. The van der Waals surface area contributed by atoms with E-state index in [9.17, 15) is 4.79 Å². The number of aryl methyl sites for hydroxylation is 3. The van der Waals surface area contributed by atoms with E-state index in [1.165, 1.54) is 7.11 Å². The molecule has 0 aliphatic heterocycles. The molecule has 0 saturated heterocycles. The molecule has 0 spiro atoms. The number of hydrogen-bond donors (Lipinski definition) is 0. The van der Waals surface area contributed by atoms with Gasteiger partial charge in [-0.25, -0.2) is 19.7 Å². The number of ether oxygens (including phenoxy) is 1. The second-order valence-corrected chi connectivity index (χ2v) is 9.11. The average Bonchev–Trinajstić information content (AvgIpc) is 3.40. The van der Waals surface area contributed by atoms with Gasteiger partial charge in [-0.3, -0.25) is 0 Å². The van der Waals surface area contributed by atoms with E-state index in [1.807, 2.05) is 31.2 Å². The van der Waals surface area contributed by atoms with E-state index in [4.69, 9.17) is 19.7 Å². The lowest BCUT2D eigenvalue weighted by Gasteiger charge is -2.08. The Bertz CT molecular complexity index is 1520. The molecular weight excluding hydrogens is 432 g/mol. The average molecular weight is 457 g/mol. The number of thiazole rings is 1. The van der Waals surface area contributed by atoms with E-state index in [2.05, 4.69) is 36.6 Å². The Labute approximate surface area is 195 Å². The molecule has 0 fully saturated rings. The minimum Gasteiger partial charge on any atom is -0.465 e. The van der Waals surface area contributed by atoms with Gasteiger partial charge in [0.25, 0.3) is 0 Å². The Hall–Kier alpha value is -3.58. The summed E-state index contributed by atoms with van der Waals surface area (Å²) in [6.07, 6.45) is 0.839. The molecule has 5 aromatic rings. The van der Waals surface area contributed by atoms with Gasteiger partial charge in [0.05, 0.1) is 29.4 Å².